The van der Waals surface area contributed by atoms with Crippen molar-refractivity contribution in [2.45, 2.75) is 30.4 Å². The molecule has 0 amide bonds. The van der Waals surface area contributed by atoms with Crippen molar-refractivity contribution in [2.75, 3.05) is 0 Å². The molecule has 1 aromatic carbocycles. The van der Waals surface area contributed by atoms with Gasteiger partial charge in [0.15, 0.2) is 5.16 Å². The zero-order valence-corrected chi connectivity index (χ0v) is 11.3. The van der Waals surface area contributed by atoms with E-state index in [2.05, 4.69) is 10.2 Å². The molecule has 0 saturated carbocycles. The van der Waals surface area contributed by atoms with E-state index in [0.29, 0.717) is 16.6 Å². The first-order chi connectivity index (χ1) is 9.02. The predicted molar refractivity (Wildman–Crippen MR) is 70.8 cm³/mol. The Morgan fingerprint density at radius 2 is 2.26 bits per heavy atom. The van der Waals surface area contributed by atoms with Crippen LogP contribution in [0.1, 0.15) is 22.8 Å². The Morgan fingerprint density at radius 3 is 2.89 bits per heavy atom. The average molecular weight is 279 g/mol. The van der Waals surface area contributed by atoms with Gasteiger partial charge in [-0.1, -0.05) is 11.6 Å². The molecule has 0 aliphatic rings. The number of hydrogen-bond donors (Lipinski definition) is 2. The number of H-pyrrole nitrogens is 1. The molecule has 0 atom stereocenters. The number of carboxylic acids is 1. The van der Waals surface area contributed by atoms with Gasteiger partial charge in [0.25, 0.3) is 0 Å². The van der Waals surface area contributed by atoms with Gasteiger partial charge in [-0.05, 0) is 37.7 Å². The summed E-state index contributed by atoms with van der Waals surface area (Å²) in [5.41, 5.74) is 0.786. The Hall–Kier alpha value is -2.02. The molecule has 0 bridgehead atoms. The number of carboxylic acid groups (broad SMARTS) is 1. The molecule has 0 fully saturated rings. The van der Waals surface area contributed by atoms with E-state index in [-0.39, 0.29) is 11.3 Å². The van der Waals surface area contributed by atoms with Gasteiger partial charge < -0.3 is 5.11 Å². The maximum Gasteiger partial charge on any atom is 0.343 e. The summed E-state index contributed by atoms with van der Waals surface area (Å²) < 4.78 is 1.45. The lowest BCUT2D eigenvalue weighted by Gasteiger charge is -2.06. The number of nitrogens with one attached hydrogen (secondary N) is 1. The van der Waals surface area contributed by atoms with Crippen molar-refractivity contribution in [1.29, 1.82) is 0 Å². The Bertz CT molecular complexity index is 675. The molecule has 1 heterocycles. The Labute approximate surface area is 113 Å². The maximum atomic E-state index is 11.4. The molecular formula is C12H13N3O3S. The van der Waals surface area contributed by atoms with Crippen molar-refractivity contribution in [3.8, 4) is 0 Å². The van der Waals surface area contributed by atoms with E-state index in [0.717, 1.165) is 17.3 Å². The molecular weight excluding hydrogens is 266 g/mol. The number of nitrogens with zero attached hydrogens (tertiary/aromatic N) is 2. The largest absolute Gasteiger partial charge is 0.478 e. The van der Waals surface area contributed by atoms with Gasteiger partial charge in [-0.25, -0.2) is 14.7 Å². The Kier molecular flexibility index (Phi) is 3.75. The van der Waals surface area contributed by atoms with Crippen LogP contribution >= 0.6 is 11.8 Å². The van der Waals surface area contributed by atoms with Gasteiger partial charge in [-0.3, -0.25) is 4.57 Å². The summed E-state index contributed by atoms with van der Waals surface area (Å²) in [4.78, 5) is 23.2. The van der Waals surface area contributed by atoms with E-state index in [1.54, 1.807) is 12.1 Å². The number of aromatic amines is 1. The average Bonchev–Trinajstić information content (AvgIpc) is 2.71. The fraction of sp³-hybridized carbons (Fsp3) is 0.250. The molecule has 2 rings (SSSR count). The van der Waals surface area contributed by atoms with Crippen LogP contribution in [0.3, 0.4) is 0 Å². The van der Waals surface area contributed by atoms with Gasteiger partial charge in [0.05, 0.1) is 5.56 Å². The molecule has 0 radical (unpaired) electrons. The maximum absolute atomic E-state index is 11.4. The third-order valence-electron chi connectivity index (χ3n) is 2.61. The summed E-state index contributed by atoms with van der Waals surface area (Å²) in [5, 5.41) is 15.9. The van der Waals surface area contributed by atoms with Crippen LogP contribution in [0.4, 0.5) is 0 Å². The van der Waals surface area contributed by atoms with Crippen LogP contribution in [0.25, 0.3) is 0 Å². The second kappa shape index (κ2) is 5.31. The standard InChI is InChI=1S/C12H13N3O3S/c1-3-15-11(18)13-14-12(15)19-9-5-4-7(2)6-8(9)10(16)17/h4-6H,3H2,1-2H3,(H,13,18)(H,16,17). The Balaban J connectivity index is 2.43. The highest BCUT2D eigenvalue weighted by Crippen LogP contribution is 2.29. The van der Waals surface area contributed by atoms with E-state index >= 15 is 0 Å². The summed E-state index contributed by atoms with van der Waals surface area (Å²) >= 11 is 1.16. The lowest BCUT2D eigenvalue weighted by atomic mass is 10.1. The van der Waals surface area contributed by atoms with Crippen LogP contribution in [0.2, 0.25) is 0 Å². The van der Waals surface area contributed by atoms with Gasteiger partial charge in [0, 0.05) is 11.4 Å². The lowest BCUT2D eigenvalue weighted by Crippen LogP contribution is -2.16. The monoisotopic (exact) mass is 279 g/mol. The highest BCUT2D eigenvalue weighted by Gasteiger charge is 2.15. The van der Waals surface area contributed by atoms with Gasteiger partial charge in [-0.2, -0.15) is 0 Å². The summed E-state index contributed by atoms with van der Waals surface area (Å²) in [6, 6.07) is 5.16. The van der Waals surface area contributed by atoms with E-state index in [4.69, 9.17) is 0 Å². The zero-order valence-electron chi connectivity index (χ0n) is 10.5. The number of hydrogen-bond acceptors (Lipinski definition) is 4. The minimum absolute atomic E-state index is 0.211. The van der Waals surface area contributed by atoms with Crippen molar-refractivity contribution in [3.63, 3.8) is 0 Å². The molecule has 7 heteroatoms. The van der Waals surface area contributed by atoms with Gasteiger partial charge >= 0.3 is 11.7 Å². The SMILES string of the molecule is CCn1c(Sc2ccc(C)cc2C(=O)O)n[nH]c1=O. The summed E-state index contributed by atoms with van der Waals surface area (Å²) in [6.45, 7) is 4.14. The summed E-state index contributed by atoms with van der Waals surface area (Å²) in [5.74, 6) is -0.993. The van der Waals surface area contributed by atoms with Crippen LogP contribution in [0.5, 0.6) is 0 Å². The fourth-order valence-electron chi connectivity index (χ4n) is 1.66. The molecule has 2 N–H and O–H groups in total. The lowest BCUT2D eigenvalue weighted by molar-refractivity contribution is 0.0693. The van der Waals surface area contributed by atoms with Crippen molar-refractivity contribution in [1.82, 2.24) is 14.8 Å². The number of aromatic nitrogens is 3. The molecule has 6 nitrogen and oxygen atoms in total. The van der Waals surface area contributed by atoms with Gasteiger partial charge in [-0.15, -0.1) is 5.10 Å². The van der Waals surface area contributed by atoms with E-state index in [9.17, 15) is 14.7 Å². The number of rotatable bonds is 4. The summed E-state index contributed by atoms with van der Waals surface area (Å²) in [6.07, 6.45) is 0. The normalized spacial score (nSPS) is 10.6. The van der Waals surface area contributed by atoms with Gasteiger partial charge in [0.1, 0.15) is 0 Å². The molecule has 19 heavy (non-hydrogen) atoms. The number of carbonyl (C=O) groups is 1. The van der Waals surface area contributed by atoms with Crippen LogP contribution in [0, 0.1) is 6.92 Å². The smallest absolute Gasteiger partial charge is 0.343 e. The van der Waals surface area contributed by atoms with E-state index in [1.165, 1.54) is 4.57 Å². The van der Waals surface area contributed by atoms with Crippen molar-refractivity contribution in [2.24, 2.45) is 0 Å². The second-order valence-electron chi connectivity index (χ2n) is 3.96. The first kappa shape index (κ1) is 13.4. The quantitative estimate of drug-likeness (QED) is 0.890. The third kappa shape index (κ3) is 2.70. The Morgan fingerprint density at radius 1 is 1.53 bits per heavy atom. The van der Waals surface area contributed by atoms with Gasteiger partial charge in [0.2, 0.25) is 0 Å². The first-order valence-electron chi connectivity index (χ1n) is 5.70. The van der Waals surface area contributed by atoms with Crippen LogP contribution in [-0.2, 0) is 6.54 Å². The third-order valence-corrected chi connectivity index (χ3v) is 3.68. The zero-order chi connectivity index (χ0) is 14.0. The van der Waals surface area contributed by atoms with Crippen molar-refractivity contribution < 1.29 is 9.90 Å². The van der Waals surface area contributed by atoms with Crippen LogP contribution in [0.15, 0.2) is 33.0 Å². The molecule has 0 saturated heterocycles. The first-order valence-corrected chi connectivity index (χ1v) is 6.51. The molecule has 2 aromatic rings. The number of aryl methyl sites for hydroxylation is 1. The molecule has 100 valence electrons. The van der Waals surface area contributed by atoms with Crippen molar-refractivity contribution >= 4 is 17.7 Å². The fourth-order valence-corrected chi connectivity index (χ4v) is 2.66. The highest BCUT2D eigenvalue weighted by molar-refractivity contribution is 7.99. The molecule has 0 spiro atoms. The topological polar surface area (TPSA) is 88.0 Å². The van der Waals surface area contributed by atoms with E-state index in [1.807, 2.05) is 19.9 Å². The molecule has 0 aliphatic heterocycles. The number of benzene rings is 1. The van der Waals surface area contributed by atoms with Crippen LogP contribution < -0.4 is 5.69 Å². The predicted octanol–water partition coefficient (Wildman–Crippen LogP) is 1.75. The minimum atomic E-state index is -0.993. The molecule has 0 unspecified atom stereocenters. The van der Waals surface area contributed by atoms with Crippen LogP contribution in [-0.4, -0.2) is 25.8 Å². The second-order valence-corrected chi connectivity index (χ2v) is 4.97. The molecule has 1 aromatic heterocycles. The number of aromatic carboxylic acids is 1. The van der Waals surface area contributed by atoms with Crippen molar-refractivity contribution in [3.05, 3.63) is 39.8 Å². The highest BCUT2D eigenvalue weighted by atomic mass is 32.2. The molecule has 0 aliphatic carbocycles. The summed E-state index contributed by atoms with van der Waals surface area (Å²) in [7, 11) is 0. The van der Waals surface area contributed by atoms with E-state index < -0.39 is 5.97 Å². The minimum Gasteiger partial charge on any atom is -0.478 e.